The summed E-state index contributed by atoms with van der Waals surface area (Å²) in [5.74, 6) is -0.901. The van der Waals surface area contributed by atoms with Crippen molar-refractivity contribution in [2.75, 3.05) is 13.6 Å². The van der Waals surface area contributed by atoms with E-state index in [-0.39, 0.29) is 6.54 Å². The minimum absolute atomic E-state index is 0.177. The van der Waals surface area contributed by atoms with Crippen LogP contribution < -0.4 is 11.1 Å². The molecular weight excluding hydrogens is 160 g/mol. The molecule has 0 bridgehead atoms. The summed E-state index contributed by atoms with van der Waals surface area (Å²) in [6, 6.07) is -0.591. The molecule has 0 fully saturated rings. The molecule has 0 aromatic carbocycles. The van der Waals surface area contributed by atoms with E-state index in [1.54, 1.807) is 7.05 Å². The number of aliphatic hydroxyl groups is 1. The van der Waals surface area contributed by atoms with Gasteiger partial charge in [0, 0.05) is 6.54 Å². The second-order valence-corrected chi connectivity index (χ2v) is 2.65. The Hall–Kier alpha value is -0.650. The third-order valence-electron chi connectivity index (χ3n) is 1.71. The Morgan fingerprint density at radius 3 is 2.50 bits per heavy atom. The van der Waals surface area contributed by atoms with Crippen LogP contribution in [0.2, 0.25) is 0 Å². The number of aliphatic carboxylic acids is 1. The summed E-state index contributed by atoms with van der Waals surface area (Å²) in [6.07, 6.45) is 0.207. The van der Waals surface area contributed by atoms with E-state index in [1.165, 1.54) is 0 Å². The van der Waals surface area contributed by atoms with Gasteiger partial charge >= 0.3 is 5.97 Å². The number of likely N-dealkylation sites (N-methyl/N-ethyl adjacent to an activating group) is 1. The van der Waals surface area contributed by atoms with Crippen molar-refractivity contribution in [3.63, 3.8) is 0 Å². The molecular formula is C7H16N2O3. The Balaban J connectivity index is 3.65. The second-order valence-electron chi connectivity index (χ2n) is 2.65. The molecule has 0 saturated carbocycles. The number of nitrogens with one attached hydrogen (secondary N) is 1. The van der Waals surface area contributed by atoms with Crippen molar-refractivity contribution in [2.24, 2.45) is 5.73 Å². The van der Waals surface area contributed by atoms with Crippen LogP contribution in [0.25, 0.3) is 0 Å². The van der Waals surface area contributed by atoms with E-state index in [4.69, 9.17) is 15.9 Å². The Bertz CT molecular complexity index is 141. The van der Waals surface area contributed by atoms with E-state index < -0.39 is 18.1 Å². The minimum atomic E-state index is -0.901. The number of aliphatic hydroxyl groups excluding tert-OH is 1. The zero-order chi connectivity index (χ0) is 9.56. The molecule has 0 unspecified atom stereocenters. The maximum absolute atomic E-state index is 10.5. The average Bonchev–Trinajstić information content (AvgIpc) is 2.04. The van der Waals surface area contributed by atoms with Gasteiger partial charge < -0.3 is 21.3 Å². The van der Waals surface area contributed by atoms with E-state index in [9.17, 15) is 4.79 Å². The predicted molar refractivity (Wildman–Crippen MR) is 44.8 cm³/mol. The van der Waals surface area contributed by atoms with Gasteiger partial charge in [0.15, 0.2) is 0 Å². The van der Waals surface area contributed by atoms with Gasteiger partial charge in [0.1, 0.15) is 6.04 Å². The Labute approximate surface area is 71.6 Å². The van der Waals surface area contributed by atoms with Crippen molar-refractivity contribution in [1.82, 2.24) is 5.32 Å². The van der Waals surface area contributed by atoms with Gasteiger partial charge in [-0.2, -0.15) is 0 Å². The lowest BCUT2D eigenvalue weighted by molar-refractivity contribution is -0.139. The molecule has 0 aromatic rings. The molecule has 0 aliphatic rings. The first-order valence-corrected chi connectivity index (χ1v) is 3.90. The highest BCUT2D eigenvalue weighted by atomic mass is 16.4. The number of carboxylic acids is 1. The molecule has 0 heterocycles. The van der Waals surface area contributed by atoms with Gasteiger partial charge in [0.05, 0.1) is 6.10 Å². The van der Waals surface area contributed by atoms with Crippen LogP contribution >= 0.6 is 0 Å². The summed E-state index contributed by atoms with van der Waals surface area (Å²) < 4.78 is 0. The number of nitrogens with two attached hydrogens (primary N) is 1. The van der Waals surface area contributed by atoms with Crippen LogP contribution in [-0.2, 0) is 4.79 Å². The maximum atomic E-state index is 10.5. The fourth-order valence-corrected chi connectivity index (χ4v) is 0.868. The predicted octanol–water partition coefficient (Wildman–Crippen LogP) is -1.24. The van der Waals surface area contributed by atoms with E-state index in [2.05, 4.69) is 5.32 Å². The first-order chi connectivity index (χ1) is 5.61. The zero-order valence-corrected chi connectivity index (χ0v) is 7.16. The average molecular weight is 176 g/mol. The Morgan fingerprint density at radius 2 is 2.17 bits per heavy atom. The summed E-state index contributed by atoms with van der Waals surface area (Å²) in [6.45, 7) is 0.177. The first kappa shape index (κ1) is 11.4. The van der Waals surface area contributed by atoms with Crippen molar-refractivity contribution < 1.29 is 15.0 Å². The van der Waals surface area contributed by atoms with Gasteiger partial charge in [-0.1, -0.05) is 0 Å². The van der Waals surface area contributed by atoms with Crippen molar-refractivity contribution in [3.8, 4) is 0 Å². The number of carboxylic acid groups (broad SMARTS) is 1. The maximum Gasteiger partial charge on any atom is 0.320 e. The zero-order valence-electron chi connectivity index (χ0n) is 7.16. The quantitative estimate of drug-likeness (QED) is 0.406. The van der Waals surface area contributed by atoms with Gasteiger partial charge in [-0.05, 0) is 19.9 Å². The molecule has 0 saturated heterocycles. The largest absolute Gasteiger partial charge is 0.480 e. The normalized spacial score (nSPS) is 15.6. The molecule has 5 heteroatoms. The Kier molecular flexibility index (Phi) is 5.61. The molecule has 0 aliphatic heterocycles. The molecule has 0 spiro atoms. The summed E-state index contributed by atoms with van der Waals surface area (Å²) in [5.41, 5.74) is 5.16. The first-order valence-electron chi connectivity index (χ1n) is 3.90. The molecule has 0 radical (unpaired) electrons. The minimum Gasteiger partial charge on any atom is -0.480 e. The number of rotatable bonds is 6. The SMILES string of the molecule is CN[C@@H](CC[C@@H](O)CN)C(=O)O. The van der Waals surface area contributed by atoms with Gasteiger partial charge in [-0.25, -0.2) is 0 Å². The second kappa shape index (κ2) is 5.93. The van der Waals surface area contributed by atoms with E-state index in [0.717, 1.165) is 0 Å². The fourth-order valence-electron chi connectivity index (χ4n) is 0.868. The smallest absolute Gasteiger partial charge is 0.320 e. The van der Waals surface area contributed by atoms with Crippen LogP contribution in [0.4, 0.5) is 0 Å². The summed E-state index contributed by atoms with van der Waals surface area (Å²) in [5, 5.41) is 20.3. The lowest BCUT2D eigenvalue weighted by atomic mass is 10.1. The van der Waals surface area contributed by atoms with Crippen LogP contribution in [0.15, 0.2) is 0 Å². The summed E-state index contributed by atoms with van der Waals surface area (Å²) in [7, 11) is 1.58. The van der Waals surface area contributed by atoms with Crippen LogP contribution in [0.3, 0.4) is 0 Å². The molecule has 0 aliphatic carbocycles. The number of carbonyl (C=O) groups is 1. The molecule has 12 heavy (non-hydrogen) atoms. The van der Waals surface area contributed by atoms with Crippen molar-refractivity contribution in [2.45, 2.75) is 25.0 Å². The van der Waals surface area contributed by atoms with Crippen LogP contribution in [0.5, 0.6) is 0 Å². The number of hydrogen-bond acceptors (Lipinski definition) is 4. The lowest BCUT2D eigenvalue weighted by Crippen LogP contribution is -2.35. The third-order valence-corrected chi connectivity index (χ3v) is 1.71. The summed E-state index contributed by atoms with van der Waals surface area (Å²) in [4.78, 5) is 10.5. The Morgan fingerprint density at radius 1 is 1.58 bits per heavy atom. The van der Waals surface area contributed by atoms with Crippen LogP contribution in [-0.4, -0.2) is 41.9 Å². The van der Waals surface area contributed by atoms with E-state index in [0.29, 0.717) is 12.8 Å². The lowest BCUT2D eigenvalue weighted by Gasteiger charge is -2.12. The van der Waals surface area contributed by atoms with Gasteiger partial charge in [-0.15, -0.1) is 0 Å². The number of hydrogen-bond donors (Lipinski definition) is 4. The third kappa shape index (κ3) is 4.27. The van der Waals surface area contributed by atoms with Crippen LogP contribution in [0, 0.1) is 0 Å². The van der Waals surface area contributed by atoms with Gasteiger partial charge in [0.2, 0.25) is 0 Å². The highest BCUT2D eigenvalue weighted by Crippen LogP contribution is 2.00. The highest BCUT2D eigenvalue weighted by Gasteiger charge is 2.15. The van der Waals surface area contributed by atoms with E-state index in [1.807, 2.05) is 0 Å². The molecule has 0 rings (SSSR count). The molecule has 0 amide bonds. The molecule has 5 nitrogen and oxygen atoms in total. The highest BCUT2D eigenvalue weighted by molar-refractivity contribution is 5.73. The standard InChI is InChI=1S/C7H16N2O3/c1-9-6(7(11)12)3-2-5(10)4-8/h5-6,9-10H,2-4,8H2,1H3,(H,11,12)/t5-,6+/m1/s1. The van der Waals surface area contributed by atoms with Crippen molar-refractivity contribution >= 4 is 5.97 Å². The molecule has 5 N–H and O–H groups in total. The fraction of sp³-hybridized carbons (Fsp3) is 0.857. The molecule has 0 aromatic heterocycles. The van der Waals surface area contributed by atoms with Crippen molar-refractivity contribution in [3.05, 3.63) is 0 Å². The van der Waals surface area contributed by atoms with E-state index >= 15 is 0 Å². The van der Waals surface area contributed by atoms with Crippen LogP contribution in [0.1, 0.15) is 12.8 Å². The summed E-state index contributed by atoms with van der Waals surface area (Å²) >= 11 is 0. The topological polar surface area (TPSA) is 95.6 Å². The molecule has 2 atom stereocenters. The van der Waals surface area contributed by atoms with Gasteiger partial charge in [0.25, 0.3) is 0 Å². The van der Waals surface area contributed by atoms with Crippen molar-refractivity contribution in [1.29, 1.82) is 0 Å². The monoisotopic (exact) mass is 176 g/mol. The molecule has 72 valence electrons. The van der Waals surface area contributed by atoms with Gasteiger partial charge in [-0.3, -0.25) is 4.79 Å².